The van der Waals surface area contributed by atoms with Gasteiger partial charge < -0.3 is 9.52 Å². The largest absolute Gasteiger partial charge is 0.438 e. The van der Waals surface area contributed by atoms with Gasteiger partial charge in [-0.1, -0.05) is 19.4 Å². The van der Waals surface area contributed by atoms with Crippen LogP contribution in [0.1, 0.15) is 38.5 Å². The van der Waals surface area contributed by atoms with E-state index in [4.69, 9.17) is 4.42 Å². The summed E-state index contributed by atoms with van der Waals surface area (Å²) in [6.07, 6.45) is 5.80. The van der Waals surface area contributed by atoms with Crippen molar-refractivity contribution in [1.29, 1.82) is 0 Å². The number of aromatic nitrogens is 1. The second-order valence-electron chi connectivity index (χ2n) is 5.60. The quantitative estimate of drug-likeness (QED) is 0.918. The number of hydrogen-bond acceptors (Lipinski definition) is 5. The lowest BCUT2D eigenvalue weighted by molar-refractivity contribution is 0.0155. The smallest absolute Gasteiger partial charge is 0.209 e. The van der Waals surface area contributed by atoms with Crippen LogP contribution in [-0.4, -0.2) is 33.7 Å². The fourth-order valence-corrected chi connectivity index (χ4v) is 3.68. The Labute approximate surface area is 129 Å². The Morgan fingerprint density at radius 3 is 3.19 bits per heavy atom. The number of likely N-dealkylation sites (tertiary alicyclic amines) is 1. The Kier molecular flexibility index (Phi) is 4.73. The monoisotopic (exact) mass is 306 g/mol. The van der Waals surface area contributed by atoms with E-state index >= 15 is 0 Å². The Morgan fingerprint density at radius 1 is 1.52 bits per heavy atom. The maximum Gasteiger partial charge on any atom is 0.209 e. The first-order valence-electron chi connectivity index (χ1n) is 7.68. The van der Waals surface area contributed by atoms with E-state index < -0.39 is 0 Å². The molecular weight excluding hydrogens is 284 g/mol. The van der Waals surface area contributed by atoms with E-state index in [2.05, 4.69) is 9.88 Å². The molecule has 2 aromatic heterocycles. The fraction of sp³-hybridized carbons (Fsp3) is 0.562. The van der Waals surface area contributed by atoms with E-state index in [-0.39, 0.29) is 12.1 Å². The van der Waals surface area contributed by atoms with Crippen molar-refractivity contribution in [3.63, 3.8) is 0 Å². The minimum atomic E-state index is -0.253. The zero-order valence-corrected chi connectivity index (χ0v) is 13.2. The van der Waals surface area contributed by atoms with Crippen molar-refractivity contribution < 1.29 is 9.52 Å². The van der Waals surface area contributed by atoms with Gasteiger partial charge in [0.25, 0.3) is 0 Å². The second kappa shape index (κ2) is 6.73. The molecule has 2 aromatic rings. The summed E-state index contributed by atoms with van der Waals surface area (Å²) in [6.45, 7) is 3.74. The zero-order chi connectivity index (χ0) is 14.7. The Bertz CT molecular complexity index is 552. The topological polar surface area (TPSA) is 49.5 Å². The van der Waals surface area contributed by atoms with E-state index in [1.165, 1.54) is 12.8 Å². The van der Waals surface area contributed by atoms with Crippen LogP contribution in [0.4, 0.5) is 0 Å². The lowest BCUT2D eigenvalue weighted by Gasteiger charge is -2.37. The summed E-state index contributed by atoms with van der Waals surface area (Å²) in [5.74, 6) is 1.58. The standard InChI is InChI=1S/C16H22N2O2S/c1-2-13(19)12-6-3-4-8-18(12)11-16-17-10-14(20-16)15-7-5-9-21-15/h5,7,9-10,12-13,19H,2-4,6,8,11H2,1H3. The lowest BCUT2D eigenvalue weighted by atomic mass is 9.96. The highest BCUT2D eigenvalue weighted by Crippen LogP contribution is 2.27. The van der Waals surface area contributed by atoms with Crippen LogP contribution in [0, 0.1) is 0 Å². The number of oxazole rings is 1. The molecule has 0 saturated carbocycles. The molecule has 0 radical (unpaired) electrons. The normalized spacial score (nSPS) is 21.5. The molecule has 3 rings (SSSR count). The predicted molar refractivity (Wildman–Crippen MR) is 84.2 cm³/mol. The van der Waals surface area contributed by atoms with E-state index in [0.29, 0.717) is 6.54 Å². The third-order valence-electron chi connectivity index (χ3n) is 4.18. The number of nitrogens with zero attached hydrogens (tertiary/aromatic N) is 2. The number of aliphatic hydroxyl groups is 1. The van der Waals surface area contributed by atoms with Crippen molar-refractivity contribution in [2.75, 3.05) is 6.54 Å². The van der Waals surface area contributed by atoms with E-state index in [1.807, 2.05) is 24.4 Å². The molecule has 21 heavy (non-hydrogen) atoms. The molecule has 1 aliphatic heterocycles. The summed E-state index contributed by atoms with van der Waals surface area (Å²) in [5.41, 5.74) is 0. The van der Waals surface area contributed by atoms with Gasteiger partial charge in [-0.3, -0.25) is 4.90 Å². The average molecular weight is 306 g/mol. The maximum atomic E-state index is 10.2. The molecular formula is C16H22N2O2S. The number of hydrogen-bond donors (Lipinski definition) is 1. The van der Waals surface area contributed by atoms with Crippen LogP contribution < -0.4 is 0 Å². The van der Waals surface area contributed by atoms with Crippen molar-refractivity contribution in [1.82, 2.24) is 9.88 Å². The molecule has 1 saturated heterocycles. The van der Waals surface area contributed by atoms with Crippen molar-refractivity contribution >= 4 is 11.3 Å². The maximum absolute atomic E-state index is 10.2. The van der Waals surface area contributed by atoms with Crippen molar-refractivity contribution in [3.05, 3.63) is 29.6 Å². The molecule has 0 bridgehead atoms. The van der Waals surface area contributed by atoms with Crippen molar-refractivity contribution in [2.24, 2.45) is 0 Å². The molecule has 4 nitrogen and oxygen atoms in total. The van der Waals surface area contributed by atoms with Crippen LogP contribution >= 0.6 is 11.3 Å². The number of rotatable bonds is 5. The summed E-state index contributed by atoms with van der Waals surface area (Å²) >= 11 is 1.66. The van der Waals surface area contributed by atoms with E-state index in [9.17, 15) is 5.11 Å². The highest BCUT2D eigenvalue weighted by Gasteiger charge is 2.28. The average Bonchev–Trinajstić information content (AvgIpc) is 3.18. The molecule has 114 valence electrons. The van der Waals surface area contributed by atoms with Gasteiger partial charge in [0.1, 0.15) is 0 Å². The summed E-state index contributed by atoms with van der Waals surface area (Å²) in [4.78, 5) is 7.83. The third kappa shape index (κ3) is 3.36. The predicted octanol–water partition coefficient (Wildman–Crippen LogP) is 3.53. The third-order valence-corrected chi connectivity index (χ3v) is 5.07. The van der Waals surface area contributed by atoms with Gasteiger partial charge in [-0.05, 0) is 37.3 Å². The summed E-state index contributed by atoms with van der Waals surface area (Å²) in [7, 11) is 0. The Balaban J connectivity index is 1.70. The molecule has 2 unspecified atom stereocenters. The number of aliphatic hydroxyl groups excluding tert-OH is 1. The van der Waals surface area contributed by atoms with Gasteiger partial charge in [0.05, 0.1) is 23.7 Å². The highest BCUT2D eigenvalue weighted by atomic mass is 32.1. The van der Waals surface area contributed by atoms with Gasteiger partial charge in [0.2, 0.25) is 5.89 Å². The SMILES string of the molecule is CCC(O)C1CCCCN1Cc1ncc(-c2cccs2)o1. The Morgan fingerprint density at radius 2 is 2.43 bits per heavy atom. The molecule has 0 spiro atoms. The second-order valence-corrected chi connectivity index (χ2v) is 6.55. The van der Waals surface area contributed by atoms with Crippen molar-refractivity contribution in [3.8, 4) is 10.6 Å². The van der Waals surface area contributed by atoms with Crippen LogP contribution in [0.3, 0.4) is 0 Å². The van der Waals surface area contributed by atoms with Gasteiger partial charge >= 0.3 is 0 Å². The molecule has 0 amide bonds. The summed E-state index contributed by atoms with van der Waals surface area (Å²) in [6, 6.07) is 4.29. The molecule has 3 heterocycles. The number of thiophene rings is 1. The molecule has 1 aliphatic rings. The van der Waals surface area contributed by atoms with Gasteiger partial charge in [0.15, 0.2) is 5.76 Å². The summed E-state index contributed by atoms with van der Waals surface area (Å²) in [5, 5.41) is 12.2. The minimum Gasteiger partial charge on any atom is -0.438 e. The molecule has 1 N–H and O–H groups in total. The van der Waals surface area contributed by atoms with Crippen molar-refractivity contribution in [2.45, 2.75) is 51.3 Å². The van der Waals surface area contributed by atoms with E-state index in [1.54, 1.807) is 17.5 Å². The van der Waals surface area contributed by atoms with Gasteiger partial charge in [0, 0.05) is 6.04 Å². The number of piperidine rings is 1. The lowest BCUT2D eigenvalue weighted by Crippen LogP contribution is -2.46. The van der Waals surface area contributed by atoms with Crippen LogP contribution in [0.5, 0.6) is 0 Å². The first-order chi connectivity index (χ1) is 10.3. The fourth-order valence-electron chi connectivity index (χ4n) is 3.01. The first-order valence-corrected chi connectivity index (χ1v) is 8.56. The van der Waals surface area contributed by atoms with Gasteiger partial charge in [-0.15, -0.1) is 11.3 Å². The van der Waals surface area contributed by atoms with Crippen LogP contribution in [-0.2, 0) is 6.54 Å². The van der Waals surface area contributed by atoms with E-state index in [0.717, 1.165) is 35.9 Å². The Hall–Kier alpha value is -1.17. The molecule has 0 aromatic carbocycles. The summed E-state index contributed by atoms with van der Waals surface area (Å²) < 4.78 is 5.87. The molecule has 1 fully saturated rings. The van der Waals surface area contributed by atoms with Gasteiger partial charge in [-0.2, -0.15) is 0 Å². The van der Waals surface area contributed by atoms with Crippen LogP contribution in [0.2, 0.25) is 0 Å². The zero-order valence-electron chi connectivity index (χ0n) is 12.4. The van der Waals surface area contributed by atoms with Gasteiger partial charge in [-0.25, -0.2) is 4.98 Å². The molecule has 2 atom stereocenters. The van der Waals surface area contributed by atoms with Crippen LogP contribution in [0.15, 0.2) is 28.1 Å². The first kappa shape index (κ1) is 14.8. The molecule has 0 aliphatic carbocycles. The molecule has 5 heteroatoms. The highest BCUT2D eigenvalue weighted by molar-refractivity contribution is 7.13. The van der Waals surface area contributed by atoms with Crippen LogP contribution in [0.25, 0.3) is 10.6 Å². The minimum absolute atomic E-state index is 0.237.